The Labute approximate surface area is 99.6 Å². The van der Waals surface area contributed by atoms with E-state index in [4.69, 9.17) is 10.2 Å². The molecule has 0 amide bonds. The molecule has 2 nitrogen and oxygen atoms in total. The van der Waals surface area contributed by atoms with Crippen molar-refractivity contribution in [2.24, 2.45) is 11.7 Å². The van der Waals surface area contributed by atoms with Crippen molar-refractivity contribution < 1.29 is 8.81 Å². The highest BCUT2D eigenvalue weighted by Gasteiger charge is 2.48. The van der Waals surface area contributed by atoms with Crippen molar-refractivity contribution in [3.63, 3.8) is 0 Å². The van der Waals surface area contributed by atoms with Crippen molar-refractivity contribution in [2.75, 3.05) is 6.54 Å². The summed E-state index contributed by atoms with van der Waals surface area (Å²) in [6.07, 6.45) is 1.81. The van der Waals surface area contributed by atoms with E-state index in [0.717, 1.165) is 29.4 Å². The number of fused-ring (bicyclic) bond motifs is 1. The van der Waals surface area contributed by atoms with Crippen LogP contribution >= 0.6 is 0 Å². The van der Waals surface area contributed by atoms with Crippen LogP contribution in [0.25, 0.3) is 11.0 Å². The Hall–Kier alpha value is -1.35. The van der Waals surface area contributed by atoms with Gasteiger partial charge in [0.05, 0.1) is 0 Å². The SMILES string of the molecule is Cc1cccc2cc(C(F)(CN)C3CC3)oc12. The molecule has 1 saturated carbocycles. The summed E-state index contributed by atoms with van der Waals surface area (Å²) in [7, 11) is 0. The second-order valence-electron chi connectivity index (χ2n) is 4.94. The van der Waals surface area contributed by atoms with Gasteiger partial charge in [-0.05, 0) is 31.4 Å². The van der Waals surface area contributed by atoms with Crippen molar-refractivity contribution in [3.05, 3.63) is 35.6 Å². The average molecular weight is 233 g/mol. The predicted molar refractivity (Wildman–Crippen MR) is 65.5 cm³/mol. The van der Waals surface area contributed by atoms with Crippen LogP contribution in [0.1, 0.15) is 24.2 Å². The average Bonchev–Trinajstić information content (AvgIpc) is 3.08. The number of nitrogens with two attached hydrogens (primary N) is 1. The second-order valence-corrected chi connectivity index (χ2v) is 4.94. The van der Waals surface area contributed by atoms with Gasteiger partial charge in [-0.3, -0.25) is 0 Å². The number of alkyl halides is 1. The van der Waals surface area contributed by atoms with E-state index in [0.29, 0.717) is 5.76 Å². The third kappa shape index (κ3) is 1.57. The van der Waals surface area contributed by atoms with Crippen molar-refractivity contribution in [3.8, 4) is 0 Å². The smallest absolute Gasteiger partial charge is 0.183 e. The summed E-state index contributed by atoms with van der Waals surface area (Å²) in [4.78, 5) is 0. The Kier molecular flexibility index (Phi) is 2.26. The lowest BCUT2D eigenvalue weighted by Gasteiger charge is -2.20. The van der Waals surface area contributed by atoms with Gasteiger partial charge in [0.15, 0.2) is 5.67 Å². The molecule has 0 spiro atoms. The number of rotatable bonds is 3. The van der Waals surface area contributed by atoms with Crippen LogP contribution in [0, 0.1) is 12.8 Å². The zero-order valence-corrected chi connectivity index (χ0v) is 9.87. The van der Waals surface area contributed by atoms with E-state index in [1.54, 1.807) is 6.07 Å². The maximum atomic E-state index is 14.8. The normalized spacial score (nSPS) is 19.5. The lowest BCUT2D eigenvalue weighted by atomic mass is 9.97. The molecule has 17 heavy (non-hydrogen) atoms. The highest BCUT2D eigenvalue weighted by atomic mass is 19.1. The summed E-state index contributed by atoms with van der Waals surface area (Å²) in [6.45, 7) is 1.96. The fourth-order valence-corrected chi connectivity index (χ4v) is 2.42. The molecule has 1 aromatic heterocycles. The van der Waals surface area contributed by atoms with Gasteiger partial charge in [-0.1, -0.05) is 18.2 Å². The molecule has 1 fully saturated rings. The van der Waals surface area contributed by atoms with E-state index in [-0.39, 0.29) is 12.5 Å². The van der Waals surface area contributed by atoms with Gasteiger partial charge in [0.1, 0.15) is 11.3 Å². The minimum absolute atomic E-state index is 0.00344. The Balaban J connectivity index is 2.14. The van der Waals surface area contributed by atoms with Gasteiger partial charge in [0.25, 0.3) is 0 Å². The van der Waals surface area contributed by atoms with Crippen LogP contribution in [0.3, 0.4) is 0 Å². The zero-order chi connectivity index (χ0) is 12.0. The molecule has 0 radical (unpaired) electrons. The molecule has 90 valence electrons. The molecule has 2 aromatic rings. The number of furan rings is 1. The van der Waals surface area contributed by atoms with Gasteiger partial charge in [-0.25, -0.2) is 4.39 Å². The summed E-state index contributed by atoms with van der Waals surface area (Å²) >= 11 is 0. The largest absolute Gasteiger partial charge is 0.457 e. The molecule has 1 aromatic carbocycles. The fourth-order valence-electron chi connectivity index (χ4n) is 2.42. The molecule has 0 bridgehead atoms. The number of halogens is 1. The molecule has 3 rings (SSSR count). The lowest BCUT2D eigenvalue weighted by Crippen LogP contribution is -2.32. The van der Waals surface area contributed by atoms with Crippen molar-refractivity contribution in [2.45, 2.75) is 25.4 Å². The maximum absolute atomic E-state index is 14.8. The zero-order valence-electron chi connectivity index (χ0n) is 9.87. The van der Waals surface area contributed by atoms with Crippen molar-refractivity contribution >= 4 is 11.0 Å². The minimum Gasteiger partial charge on any atom is -0.457 e. The van der Waals surface area contributed by atoms with Gasteiger partial charge < -0.3 is 10.2 Å². The van der Waals surface area contributed by atoms with E-state index in [2.05, 4.69) is 0 Å². The molecule has 1 aliphatic rings. The van der Waals surface area contributed by atoms with E-state index < -0.39 is 5.67 Å². The van der Waals surface area contributed by atoms with Crippen LogP contribution in [0.15, 0.2) is 28.7 Å². The molecular weight excluding hydrogens is 217 g/mol. The molecule has 1 aliphatic carbocycles. The first-order valence-corrected chi connectivity index (χ1v) is 6.04. The second kappa shape index (κ2) is 3.57. The number of hydrogen-bond acceptors (Lipinski definition) is 2. The summed E-state index contributed by atoms with van der Waals surface area (Å²) in [5.41, 5.74) is 5.93. The first kappa shape index (κ1) is 10.8. The van der Waals surface area contributed by atoms with E-state index >= 15 is 0 Å². The fraction of sp³-hybridized carbons (Fsp3) is 0.429. The topological polar surface area (TPSA) is 39.2 Å². The van der Waals surface area contributed by atoms with Gasteiger partial charge >= 0.3 is 0 Å². The molecule has 0 saturated heterocycles. The first-order chi connectivity index (χ1) is 8.15. The van der Waals surface area contributed by atoms with E-state index in [1.807, 2.05) is 25.1 Å². The number of para-hydroxylation sites is 1. The standard InChI is InChI=1S/C14H16FNO/c1-9-3-2-4-10-7-12(17-13(9)10)14(15,8-16)11-5-6-11/h2-4,7,11H,5-6,8,16H2,1H3. The summed E-state index contributed by atoms with van der Waals surface area (Å²) in [5, 5.41) is 0.955. The Morgan fingerprint density at radius 1 is 1.47 bits per heavy atom. The molecule has 1 atom stereocenters. The highest BCUT2D eigenvalue weighted by molar-refractivity contribution is 5.81. The lowest BCUT2D eigenvalue weighted by molar-refractivity contribution is 0.113. The number of hydrogen-bond donors (Lipinski definition) is 1. The number of benzene rings is 1. The molecule has 0 aliphatic heterocycles. The summed E-state index contributed by atoms with van der Waals surface area (Å²) in [5.74, 6) is 0.431. The van der Waals surface area contributed by atoms with Gasteiger partial charge in [0, 0.05) is 17.8 Å². The van der Waals surface area contributed by atoms with Crippen molar-refractivity contribution in [1.82, 2.24) is 0 Å². The molecule has 3 heteroatoms. The van der Waals surface area contributed by atoms with Crippen LogP contribution < -0.4 is 5.73 Å². The Morgan fingerprint density at radius 3 is 2.82 bits per heavy atom. The first-order valence-electron chi connectivity index (χ1n) is 6.04. The maximum Gasteiger partial charge on any atom is 0.183 e. The third-order valence-corrected chi connectivity index (χ3v) is 3.67. The molecule has 2 N–H and O–H groups in total. The third-order valence-electron chi connectivity index (χ3n) is 3.67. The molecular formula is C14H16FNO. The predicted octanol–water partition coefficient (Wildman–Crippen LogP) is 3.27. The molecule has 1 unspecified atom stereocenters. The van der Waals surface area contributed by atoms with Crippen molar-refractivity contribution in [1.29, 1.82) is 0 Å². The summed E-state index contributed by atoms with van der Waals surface area (Å²) in [6, 6.07) is 7.66. The van der Waals surface area contributed by atoms with Crippen LogP contribution in [-0.2, 0) is 5.67 Å². The number of aryl methyl sites for hydroxylation is 1. The monoisotopic (exact) mass is 233 g/mol. The summed E-state index contributed by atoms with van der Waals surface area (Å²) < 4.78 is 20.5. The molecule has 1 heterocycles. The van der Waals surface area contributed by atoms with E-state index in [1.165, 1.54) is 0 Å². The highest BCUT2D eigenvalue weighted by Crippen LogP contribution is 2.49. The van der Waals surface area contributed by atoms with E-state index in [9.17, 15) is 4.39 Å². The van der Waals surface area contributed by atoms with Crippen LogP contribution in [0.5, 0.6) is 0 Å². The van der Waals surface area contributed by atoms with Gasteiger partial charge in [-0.2, -0.15) is 0 Å². The Bertz CT molecular complexity index is 558. The van der Waals surface area contributed by atoms with Crippen LogP contribution in [0.4, 0.5) is 4.39 Å². The Morgan fingerprint density at radius 2 is 2.24 bits per heavy atom. The van der Waals surface area contributed by atoms with Gasteiger partial charge in [0.2, 0.25) is 0 Å². The quantitative estimate of drug-likeness (QED) is 0.883. The van der Waals surface area contributed by atoms with Gasteiger partial charge in [-0.15, -0.1) is 0 Å². The van der Waals surface area contributed by atoms with Crippen LogP contribution in [0.2, 0.25) is 0 Å². The minimum atomic E-state index is -1.48. The van der Waals surface area contributed by atoms with Crippen LogP contribution in [-0.4, -0.2) is 6.54 Å².